The smallest absolute Gasteiger partial charge is 0.193 e. The fraction of sp³-hybridized carbons (Fsp3) is 0.0333. The van der Waals surface area contributed by atoms with E-state index in [0.29, 0.717) is 22.6 Å². The summed E-state index contributed by atoms with van der Waals surface area (Å²) in [6.07, 6.45) is 5.20. The van der Waals surface area contributed by atoms with E-state index in [4.69, 9.17) is 15.9 Å². The Morgan fingerprint density at radius 2 is 1.18 bits per heavy atom. The van der Waals surface area contributed by atoms with Crippen molar-refractivity contribution in [1.29, 1.82) is 0 Å². The maximum atomic E-state index is 12.8. The number of carbonyl (C=O) groups is 1. The Bertz CT molecular complexity index is 1490. The van der Waals surface area contributed by atoms with Gasteiger partial charge in [0.2, 0.25) is 0 Å². The first-order chi connectivity index (χ1) is 16.2. The minimum Gasteiger partial charge on any atom is -0.481 e. The van der Waals surface area contributed by atoms with Gasteiger partial charge in [-0.05, 0) is 94.3 Å². The molecule has 0 saturated carbocycles. The minimum absolute atomic E-state index is 0.0670. The van der Waals surface area contributed by atoms with E-state index in [9.17, 15) is 4.79 Å². The lowest BCUT2D eigenvalue weighted by molar-refractivity contribution is 0.103. The zero-order chi connectivity index (χ0) is 22.6. The molecule has 0 amide bonds. The molecule has 3 nitrogen and oxygen atoms in total. The predicted octanol–water partition coefficient (Wildman–Crippen LogP) is 7.03. The van der Waals surface area contributed by atoms with Crippen LogP contribution >= 0.6 is 0 Å². The van der Waals surface area contributed by atoms with Crippen molar-refractivity contribution in [2.24, 2.45) is 0 Å². The number of terminal acetylenes is 1. The number of rotatable bonds is 6. The number of benzene rings is 5. The van der Waals surface area contributed by atoms with Crippen molar-refractivity contribution >= 4 is 27.3 Å². The van der Waals surface area contributed by atoms with Crippen LogP contribution in [0.25, 0.3) is 21.5 Å². The molecule has 0 heterocycles. The summed E-state index contributed by atoms with van der Waals surface area (Å²) < 4.78 is 11.4. The largest absolute Gasteiger partial charge is 0.481 e. The zero-order valence-corrected chi connectivity index (χ0v) is 17.8. The van der Waals surface area contributed by atoms with Crippen LogP contribution in [0.5, 0.6) is 17.2 Å². The third-order valence-electron chi connectivity index (χ3n) is 5.47. The average Bonchev–Trinajstić information content (AvgIpc) is 2.86. The Morgan fingerprint density at radius 3 is 1.82 bits per heavy atom. The summed E-state index contributed by atoms with van der Waals surface area (Å²) in [6, 6.07) is 32.8. The fourth-order valence-electron chi connectivity index (χ4n) is 3.79. The van der Waals surface area contributed by atoms with E-state index in [1.165, 1.54) is 10.8 Å². The molecule has 0 saturated heterocycles. The van der Waals surface area contributed by atoms with Crippen molar-refractivity contribution < 1.29 is 14.3 Å². The molecule has 0 atom stereocenters. The molecule has 0 unspecified atom stereocenters. The van der Waals surface area contributed by atoms with Crippen LogP contribution in [-0.2, 0) is 0 Å². The number of fused-ring (bicyclic) bond motifs is 2. The van der Waals surface area contributed by atoms with Gasteiger partial charge in [-0.1, -0.05) is 36.3 Å². The molecule has 5 aromatic rings. The third-order valence-corrected chi connectivity index (χ3v) is 5.47. The van der Waals surface area contributed by atoms with Crippen molar-refractivity contribution in [3.63, 3.8) is 0 Å². The summed E-state index contributed by atoms with van der Waals surface area (Å²) in [5, 5.41) is 4.69. The molecule has 0 aliphatic heterocycles. The van der Waals surface area contributed by atoms with E-state index in [2.05, 4.69) is 36.3 Å². The highest BCUT2D eigenvalue weighted by atomic mass is 16.5. The third kappa shape index (κ3) is 4.42. The lowest BCUT2D eigenvalue weighted by atomic mass is 10.0. The predicted molar refractivity (Wildman–Crippen MR) is 132 cm³/mol. The normalized spacial score (nSPS) is 10.6. The summed E-state index contributed by atoms with van der Waals surface area (Å²) in [5.41, 5.74) is 1.17. The Labute approximate surface area is 192 Å². The van der Waals surface area contributed by atoms with Gasteiger partial charge in [0, 0.05) is 11.1 Å². The molecule has 3 heteroatoms. The van der Waals surface area contributed by atoms with Crippen LogP contribution in [0.15, 0.2) is 103 Å². The number of ether oxygens (including phenoxy) is 2. The standard InChI is InChI=1S/C30H20O3/c1-2-17-32-27-12-7-21(8-13-27)30(31)22-9-14-28(15-10-22)33-29-16-11-25-18-23-5-3-4-6-24(23)19-26(25)20-29/h1,3-16,18-20H,17H2. The van der Waals surface area contributed by atoms with Crippen molar-refractivity contribution in [2.45, 2.75) is 0 Å². The highest BCUT2D eigenvalue weighted by Crippen LogP contribution is 2.29. The van der Waals surface area contributed by atoms with E-state index in [0.717, 1.165) is 16.5 Å². The monoisotopic (exact) mass is 428 g/mol. The molecule has 0 aliphatic carbocycles. The lowest BCUT2D eigenvalue weighted by Gasteiger charge is -2.09. The van der Waals surface area contributed by atoms with E-state index in [1.807, 2.05) is 36.4 Å². The minimum atomic E-state index is -0.0670. The first kappa shape index (κ1) is 20.4. The van der Waals surface area contributed by atoms with Crippen LogP contribution < -0.4 is 9.47 Å². The SMILES string of the molecule is C#CCOc1ccc(C(=O)c2ccc(Oc3ccc4cc5ccccc5cc4c3)cc2)cc1. The second kappa shape index (κ2) is 8.90. The molecule has 5 aromatic carbocycles. The first-order valence-corrected chi connectivity index (χ1v) is 10.6. The molecule has 0 aromatic heterocycles. The number of hydrogen-bond acceptors (Lipinski definition) is 3. The summed E-state index contributed by atoms with van der Waals surface area (Å²) in [6.45, 7) is 0.197. The Morgan fingerprint density at radius 1 is 0.636 bits per heavy atom. The van der Waals surface area contributed by atoms with Crippen LogP contribution in [0, 0.1) is 12.3 Å². The van der Waals surface area contributed by atoms with Crippen molar-refractivity contribution in [3.8, 4) is 29.6 Å². The second-order valence-electron chi connectivity index (χ2n) is 7.68. The maximum Gasteiger partial charge on any atom is 0.193 e. The van der Waals surface area contributed by atoms with Crippen LogP contribution in [0.2, 0.25) is 0 Å². The van der Waals surface area contributed by atoms with E-state index in [1.54, 1.807) is 36.4 Å². The summed E-state index contributed by atoms with van der Waals surface area (Å²) >= 11 is 0. The van der Waals surface area contributed by atoms with Gasteiger partial charge in [0.15, 0.2) is 5.78 Å². The fourth-order valence-corrected chi connectivity index (χ4v) is 3.79. The van der Waals surface area contributed by atoms with Gasteiger partial charge < -0.3 is 9.47 Å². The van der Waals surface area contributed by atoms with Gasteiger partial charge in [0.1, 0.15) is 23.9 Å². The van der Waals surface area contributed by atoms with Crippen molar-refractivity contribution in [1.82, 2.24) is 0 Å². The van der Waals surface area contributed by atoms with Gasteiger partial charge >= 0.3 is 0 Å². The summed E-state index contributed by atoms with van der Waals surface area (Å²) in [5.74, 6) is 4.41. The van der Waals surface area contributed by atoms with E-state index >= 15 is 0 Å². The molecule has 0 spiro atoms. The van der Waals surface area contributed by atoms with Gasteiger partial charge in [-0.2, -0.15) is 0 Å². The Kier molecular flexibility index (Phi) is 5.49. The molecule has 0 radical (unpaired) electrons. The van der Waals surface area contributed by atoms with Gasteiger partial charge in [0.05, 0.1) is 0 Å². The average molecular weight is 428 g/mol. The zero-order valence-electron chi connectivity index (χ0n) is 17.8. The molecule has 0 aliphatic rings. The molecule has 33 heavy (non-hydrogen) atoms. The molecule has 0 bridgehead atoms. The highest BCUT2D eigenvalue weighted by molar-refractivity contribution is 6.09. The Hall–Kier alpha value is -4.55. The topological polar surface area (TPSA) is 35.5 Å². The molecule has 0 N–H and O–H groups in total. The van der Waals surface area contributed by atoms with Crippen LogP contribution in [0.3, 0.4) is 0 Å². The Balaban J connectivity index is 1.32. The van der Waals surface area contributed by atoms with Gasteiger partial charge in [0.25, 0.3) is 0 Å². The number of ketones is 1. The molecule has 158 valence electrons. The van der Waals surface area contributed by atoms with E-state index < -0.39 is 0 Å². The van der Waals surface area contributed by atoms with Crippen molar-refractivity contribution in [3.05, 3.63) is 114 Å². The van der Waals surface area contributed by atoms with Gasteiger partial charge in [-0.3, -0.25) is 4.79 Å². The second-order valence-corrected chi connectivity index (χ2v) is 7.68. The maximum absolute atomic E-state index is 12.8. The van der Waals surface area contributed by atoms with E-state index in [-0.39, 0.29) is 12.4 Å². The molecular formula is C30H20O3. The van der Waals surface area contributed by atoms with Gasteiger partial charge in [-0.25, -0.2) is 0 Å². The molecule has 5 rings (SSSR count). The van der Waals surface area contributed by atoms with Crippen molar-refractivity contribution in [2.75, 3.05) is 6.61 Å². The lowest BCUT2D eigenvalue weighted by Crippen LogP contribution is -2.01. The molecule has 0 fully saturated rings. The van der Waals surface area contributed by atoms with Crippen LogP contribution in [-0.4, -0.2) is 12.4 Å². The van der Waals surface area contributed by atoms with Crippen LogP contribution in [0.4, 0.5) is 0 Å². The molecular weight excluding hydrogens is 408 g/mol. The number of hydrogen-bond donors (Lipinski definition) is 0. The highest BCUT2D eigenvalue weighted by Gasteiger charge is 2.10. The first-order valence-electron chi connectivity index (χ1n) is 10.6. The summed E-state index contributed by atoms with van der Waals surface area (Å²) in [4.78, 5) is 12.8. The van der Waals surface area contributed by atoms with Crippen LogP contribution in [0.1, 0.15) is 15.9 Å². The number of carbonyl (C=O) groups excluding carboxylic acids is 1. The quantitative estimate of drug-likeness (QED) is 0.165. The van der Waals surface area contributed by atoms with Gasteiger partial charge in [-0.15, -0.1) is 6.42 Å². The summed E-state index contributed by atoms with van der Waals surface area (Å²) in [7, 11) is 0.